The number of benzene rings is 6. The highest BCUT2D eigenvalue weighted by Crippen LogP contribution is 2.28. The number of nitrogens with zero attached hydrogens (tertiary/aromatic N) is 6. The van der Waals surface area contributed by atoms with Crippen LogP contribution in [0.25, 0.3) is 33.6 Å². The third-order valence-electron chi connectivity index (χ3n) is 11.0. The van der Waals surface area contributed by atoms with Crippen LogP contribution in [0, 0.1) is 11.6 Å². The van der Waals surface area contributed by atoms with Crippen molar-refractivity contribution < 1.29 is 52.8 Å². The van der Waals surface area contributed by atoms with Gasteiger partial charge in [0.1, 0.15) is 11.6 Å². The molecule has 0 aliphatic rings. The van der Waals surface area contributed by atoms with E-state index in [1.807, 2.05) is 0 Å². The Hall–Kier alpha value is -8.68. The summed E-state index contributed by atoms with van der Waals surface area (Å²) in [4.78, 5) is 75.2. The largest absolute Gasteiger partial charge is 0.475 e. The molecule has 412 valence electrons. The lowest BCUT2D eigenvalue weighted by molar-refractivity contribution is -0.155. The van der Waals surface area contributed by atoms with Crippen LogP contribution in [-0.4, -0.2) is 117 Å². The molecule has 21 nitrogen and oxygen atoms in total. The van der Waals surface area contributed by atoms with Gasteiger partial charge in [-0.05, 0) is 96.8 Å². The Bertz CT molecular complexity index is 3460. The number of para-hydroxylation sites is 2. The number of aromatic carboxylic acids is 1. The van der Waals surface area contributed by atoms with Crippen molar-refractivity contribution in [1.29, 1.82) is 0 Å². The standard InChI is InChI=1S/C27H25ClFN5O5.C18H20ClFN2O3.C9H7N3O3/c1-2-39-26(37)23(35)16-33(15-17-8-10-18(11-9-17)21-14-19(28)12-13-22(21)29)32-25(36)24-30-27(38)34(31-24)20-6-4-3-5-7-20;1-2-25-18(24)17(23)11-22(21)10-12-3-5-13(6-4-12)15-9-14(19)7-8-16(15)20;13-8(14)7-10-9(15)12(11-7)6-4-2-1-3-5-6/h3-14,23,35H,2,15-16H2,1H3,(H,32,36)(H,30,31,38);3-9,17,23H,2,10-11,21H2,1H3;1-5H,(H,13,14)(H,10,11,15)/t23-;17-;/m11./s1. The van der Waals surface area contributed by atoms with Gasteiger partial charge in [-0.2, -0.15) is 9.36 Å². The predicted molar refractivity (Wildman–Crippen MR) is 287 cm³/mol. The van der Waals surface area contributed by atoms with Gasteiger partial charge in [0.25, 0.3) is 0 Å². The van der Waals surface area contributed by atoms with Crippen molar-refractivity contribution in [3.8, 4) is 33.6 Å². The number of hydrazine groups is 2. The molecule has 0 saturated carbocycles. The molecular formula is C54H52Cl2F2N10O11. The molecule has 6 aromatic carbocycles. The van der Waals surface area contributed by atoms with Gasteiger partial charge >= 0.3 is 35.2 Å². The zero-order valence-electron chi connectivity index (χ0n) is 42.1. The number of aliphatic hydroxyl groups is 2. The SMILES string of the molecule is CCOC(=O)[C@H](O)CN(Cc1ccc(-c2cc(Cl)ccc2F)cc1)NC(=O)c1nn(-c2ccccc2)c(=O)[nH]1.CCOC(=O)[C@H](O)CN(N)Cc1ccc(-c2cc(Cl)ccc2F)cc1.O=C(O)c1nn(-c2ccccc2)c(=O)[nH]1. The number of aliphatic hydroxyl groups excluding tert-OH is 2. The molecule has 0 saturated heterocycles. The number of hydrogen-bond donors (Lipinski definition) is 7. The smallest absolute Gasteiger partial charge is 0.373 e. The van der Waals surface area contributed by atoms with Gasteiger partial charge in [-0.1, -0.05) is 108 Å². The van der Waals surface area contributed by atoms with Crippen molar-refractivity contribution in [3.05, 3.63) is 211 Å². The van der Waals surface area contributed by atoms with Crippen LogP contribution in [0.15, 0.2) is 155 Å². The Labute approximate surface area is 458 Å². The summed E-state index contributed by atoms with van der Waals surface area (Å²) >= 11 is 11.9. The van der Waals surface area contributed by atoms with Gasteiger partial charge in [0.05, 0.1) is 37.7 Å². The molecule has 2 atom stereocenters. The first-order chi connectivity index (χ1) is 37.8. The molecule has 0 radical (unpaired) electrons. The second-order valence-electron chi connectivity index (χ2n) is 16.8. The second-order valence-corrected chi connectivity index (χ2v) is 17.7. The number of carboxylic acid groups (broad SMARTS) is 1. The molecule has 25 heteroatoms. The van der Waals surface area contributed by atoms with Gasteiger partial charge in [0.2, 0.25) is 11.6 Å². The summed E-state index contributed by atoms with van der Waals surface area (Å²) < 4.78 is 39.8. The van der Waals surface area contributed by atoms with Crippen LogP contribution in [0.5, 0.6) is 0 Å². The number of esters is 2. The second kappa shape index (κ2) is 28.6. The van der Waals surface area contributed by atoms with Crippen molar-refractivity contribution in [1.82, 2.24) is 45.0 Å². The molecule has 2 aromatic heterocycles. The number of aromatic nitrogens is 6. The molecular weight excluding hydrogens is 1070 g/mol. The van der Waals surface area contributed by atoms with Crippen molar-refractivity contribution in [3.63, 3.8) is 0 Å². The van der Waals surface area contributed by atoms with Gasteiger partial charge in [-0.25, -0.2) is 42.8 Å². The molecule has 0 aliphatic carbocycles. The third kappa shape index (κ3) is 17.2. The maximum Gasteiger partial charge on any atom is 0.373 e. The molecule has 0 unspecified atom stereocenters. The zero-order valence-corrected chi connectivity index (χ0v) is 43.6. The van der Waals surface area contributed by atoms with Crippen molar-refractivity contribution >= 4 is 47.0 Å². The minimum atomic E-state index is -1.56. The van der Waals surface area contributed by atoms with E-state index in [0.717, 1.165) is 14.9 Å². The lowest BCUT2D eigenvalue weighted by atomic mass is 10.0. The number of nitrogens with one attached hydrogen (secondary N) is 3. The summed E-state index contributed by atoms with van der Waals surface area (Å²) in [6.45, 7) is 3.52. The Balaban J connectivity index is 0.000000214. The minimum Gasteiger partial charge on any atom is -0.475 e. The molecule has 1 amide bonds. The van der Waals surface area contributed by atoms with Gasteiger partial charge in [0.15, 0.2) is 12.2 Å². The van der Waals surface area contributed by atoms with Gasteiger partial charge < -0.3 is 24.8 Å². The number of halogens is 4. The highest BCUT2D eigenvalue weighted by molar-refractivity contribution is 6.31. The third-order valence-corrected chi connectivity index (χ3v) is 11.4. The molecule has 0 fully saturated rings. The van der Waals surface area contributed by atoms with Crippen LogP contribution in [0.2, 0.25) is 10.0 Å². The van der Waals surface area contributed by atoms with Crippen LogP contribution in [0.4, 0.5) is 8.78 Å². The molecule has 0 bridgehead atoms. The van der Waals surface area contributed by atoms with E-state index in [0.29, 0.717) is 55.8 Å². The minimum absolute atomic E-state index is 0.0458. The fraction of sp³-hybridized carbons (Fsp3) is 0.185. The number of hydrogen-bond acceptors (Lipinski definition) is 15. The fourth-order valence-electron chi connectivity index (χ4n) is 7.28. The van der Waals surface area contributed by atoms with Crippen LogP contribution in [0.3, 0.4) is 0 Å². The molecule has 0 aliphatic heterocycles. The topological polar surface area (TPSA) is 293 Å². The fourth-order valence-corrected chi connectivity index (χ4v) is 7.62. The van der Waals surface area contributed by atoms with E-state index in [4.69, 9.17) is 43.6 Å². The Morgan fingerprint density at radius 1 is 0.633 bits per heavy atom. The van der Waals surface area contributed by atoms with E-state index in [9.17, 15) is 47.8 Å². The number of carbonyl (C=O) groups is 4. The predicted octanol–water partition coefficient (Wildman–Crippen LogP) is 6.10. The average molecular weight is 1130 g/mol. The van der Waals surface area contributed by atoms with E-state index in [2.05, 4.69) is 25.6 Å². The monoisotopic (exact) mass is 1120 g/mol. The first kappa shape index (κ1) is 59.6. The summed E-state index contributed by atoms with van der Waals surface area (Å²) in [5.41, 5.74) is 5.91. The number of H-pyrrole nitrogens is 2. The van der Waals surface area contributed by atoms with E-state index in [1.54, 1.807) is 129 Å². The van der Waals surface area contributed by atoms with Gasteiger partial charge in [-0.3, -0.25) is 26.0 Å². The van der Waals surface area contributed by atoms with Crippen molar-refractivity contribution in [2.75, 3.05) is 26.3 Å². The maximum absolute atomic E-state index is 14.3. The first-order valence-corrected chi connectivity index (χ1v) is 24.7. The lowest BCUT2D eigenvalue weighted by Crippen LogP contribution is -2.47. The average Bonchev–Trinajstić information content (AvgIpc) is 4.05. The van der Waals surface area contributed by atoms with Crippen LogP contribution < -0.4 is 22.6 Å². The summed E-state index contributed by atoms with van der Waals surface area (Å²) in [5.74, 6) is 0.808. The number of aromatic amines is 2. The van der Waals surface area contributed by atoms with Crippen molar-refractivity contribution in [2.45, 2.75) is 39.1 Å². The van der Waals surface area contributed by atoms with Crippen LogP contribution in [0.1, 0.15) is 46.2 Å². The van der Waals surface area contributed by atoms with Crippen LogP contribution in [-0.2, 0) is 32.2 Å². The van der Waals surface area contributed by atoms with E-state index in [-0.39, 0.29) is 50.3 Å². The quantitative estimate of drug-likeness (QED) is 0.0274. The maximum atomic E-state index is 14.3. The number of amides is 1. The zero-order chi connectivity index (χ0) is 57.2. The first-order valence-electron chi connectivity index (χ1n) is 23.9. The lowest BCUT2D eigenvalue weighted by Gasteiger charge is -2.24. The molecule has 79 heavy (non-hydrogen) atoms. The number of ether oxygens (including phenoxy) is 2. The molecule has 8 N–H and O–H groups in total. The molecule has 8 aromatic rings. The number of carboxylic acids is 1. The summed E-state index contributed by atoms with van der Waals surface area (Å²) in [6.07, 6.45) is -2.87. The van der Waals surface area contributed by atoms with Gasteiger partial charge in [-0.15, -0.1) is 10.2 Å². The summed E-state index contributed by atoms with van der Waals surface area (Å²) in [6, 6.07) is 39.7. The van der Waals surface area contributed by atoms with E-state index >= 15 is 0 Å². The van der Waals surface area contributed by atoms with Crippen LogP contribution >= 0.6 is 23.2 Å². The summed E-state index contributed by atoms with van der Waals surface area (Å²) in [7, 11) is 0. The summed E-state index contributed by atoms with van der Waals surface area (Å²) in [5, 5.41) is 39.8. The molecule has 2 heterocycles. The normalized spacial score (nSPS) is 11.6. The molecule has 0 spiro atoms. The Morgan fingerprint density at radius 2 is 1.05 bits per heavy atom. The molecule has 8 rings (SSSR count). The Morgan fingerprint density at radius 3 is 1.48 bits per heavy atom. The van der Waals surface area contributed by atoms with E-state index < -0.39 is 53.2 Å². The number of carbonyl (C=O) groups excluding carboxylic acids is 3. The van der Waals surface area contributed by atoms with Crippen molar-refractivity contribution in [2.24, 2.45) is 5.84 Å². The highest BCUT2D eigenvalue weighted by Gasteiger charge is 2.24. The Kier molecular flexibility index (Phi) is 21.6. The number of nitrogens with two attached hydrogens (primary N) is 1. The van der Waals surface area contributed by atoms with E-state index in [1.165, 1.54) is 40.3 Å². The highest BCUT2D eigenvalue weighted by atomic mass is 35.5. The number of rotatable bonds is 19. The van der Waals surface area contributed by atoms with Gasteiger partial charge in [0, 0.05) is 34.3 Å².